The summed E-state index contributed by atoms with van der Waals surface area (Å²) in [7, 11) is 1.73. The van der Waals surface area contributed by atoms with E-state index in [2.05, 4.69) is 10.1 Å². The van der Waals surface area contributed by atoms with Crippen molar-refractivity contribution in [3.63, 3.8) is 0 Å². The third-order valence-electron chi connectivity index (χ3n) is 2.29. The van der Waals surface area contributed by atoms with E-state index >= 15 is 0 Å². The number of aromatic nitrogens is 2. The summed E-state index contributed by atoms with van der Waals surface area (Å²) >= 11 is 0. The van der Waals surface area contributed by atoms with Crippen molar-refractivity contribution in [3.8, 4) is 0 Å². The fourth-order valence-corrected chi connectivity index (χ4v) is 1.42. The number of nitrogens with zero attached hydrogens (tertiary/aromatic N) is 3. The molecule has 0 aliphatic rings. The van der Waals surface area contributed by atoms with E-state index in [0.29, 0.717) is 23.9 Å². The van der Waals surface area contributed by atoms with Crippen LogP contribution in [0.5, 0.6) is 0 Å². The molecule has 0 spiro atoms. The van der Waals surface area contributed by atoms with Gasteiger partial charge in [-0.25, -0.2) is 8.78 Å². The summed E-state index contributed by atoms with van der Waals surface area (Å²) in [4.78, 5) is 5.72. The van der Waals surface area contributed by atoms with Crippen molar-refractivity contribution in [3.05, 3.63) is 41.5 Å². The molecule has 0 N–H and O–H groups in total. The maximum Gasteiger partial charge on any atom is 0.246 e. The van der Waals surface area contributed by atoms with Crippen molar-refractivity contribution in [1.29, 1.82) is 0 Å². The second kappa shape index (κ2) is 4.48. The smallest absolute Gasteiger partial charge is 0.246 e. The standard InChI is InChI=1S/C11H11F2N3O/c1-7-14-11(17-15-7)6-16(2)8-3-4-9(12)10(13)5-8/h3-5H,6H2,1-2H3. The van der Waals surface area contributed by atoms with Crippen LogP contribution in [-0.2, 0) is 6.54 Å². The minimum absolute atomic E-state index is 0.339. The molecule has 90 valence electrons. The molecule has 6 heteroatoms. The highest BCUT2D eigenvalue weighted by atomic mass is 19.2. The van der Waals surface area contributed by atoms with Gasteiger partial charge in [0.15, 0.2) is 17.5 Å². The average molecular weight is 239 g/mol. The SMILES string of the molecule is Cc1noc(CN(C)c2ccc(F)c(F)c2)n1. The van der Waals surface area contributed by atoms with E-state index in [4.69, 9.17) is 4.52 Å². The minimum atomic E-state index is -0.879. The van der Waals surface area contributed by atoms with Crippen molar-refractivity contribution in [2.24, 2.45) is 0 Å². The van der Waals surface area contributed by atoms with Gasteiger partial charge in [0.1, 0.15) is 0 Å². The lowest BCUT2D eigenvalue weighted by molar-refractivity contribution is 0.374. The van der Waals surface area contributed by atoms with Crippen LogP contribution in [0.3, 0.4) is 0 Å². The van der Waals surface area contributed by atoms with Crippen LogP contribution in [0.15, 0.2) is 22.7 Å². The summed E-state index contributed by atoms with van der Waals surface area (Å²) in [6.07, 6.45) is 0. The van der Waals surface area contributed by atoms with Crippen LogP contribution < -0.4 is 4.90 Å². The molecular weight excluding hydrogens is 228 g/mol. The van der Waals surface area contributed by atoms with Crippen LogP contribution in [-0.4, -0.2) is 17.2 Å². The van der Waals surface area contributed by atoms with Crippen molar-refractivity contribution < 1.29 is 13.3 Å². The van der Waals surface area contributed by atoms with Crippen molar-refractivity contribution in [2.45, 2.75) is 13.5 Å². The first kappa shape index (κ1) is 11.5. The lowest BCUT2D eigenvalue weighted by Gasteiger charge is -2.16. The van der Waals surface area contributed by atoms with E-state index in [1.54, 1.807) is 18.9 Å². The first-order valence-corrected chi connectivity index (χ1v) is 5.01. The summed E-state index contributed by atoms with van der Waals surface area (Å²) in [6.45, 7) is 2.05. The van der Waals surface area contributed by atoms with E-state index < -0.39 is 11.6 Å². The number of hydrogen-bond acceptors (Lipinski definition) is 4. The molecule has 0 aliphatic carbocycles. The molecular formula is C11H11F2N3O. The summed E-state index contributed by atoms with van der Waals surface area (Å²) in [6, 6.07) is 3.69. The Morgan fingerprint density at radius 2 is 2.06 bits per heavy atom. The van der Waals surface area contributed by atoms with E-state index in [0.717, 1.165) is 12.1 Å². The number of anilines is 1. The Kier molecular flexibility index (Phi) is 3.03. The van der Waals surface area contributed by atoms with Gasteiger partial charge in [-0.3, -0.25) is 0 Å². The summed E-state index contributed by atoms with van der Waals surface area (Å²) in [5, 5.41) is 3.65. The third-order valence-corrected chi connectivity index (χ3v) is 2.29. The van der Waals surface area contributed by atoms with Crippen LogP contribution in [0.2, 0.25) is 0 Å². The van der Waals surface area contributed by atoms with Crippen LogP contribution in [0.4, 0.5) is 14.5 Å². The highest BCUT2D eigenvalue weighted by molar-refractivity contribution is 5.45. The van der Waals surface area contributed by atoms with E-state index in [1.807, 2.05) is 0 Å². The zero-order valence-electron chi connectivity index (χ0n) is 9.44. The van der Waals surface area contributed by atoms with Gasteiger partial charge in [-0.2, -0.15) is 4.98 Å². The van der Waals surface area contributed by atoms with E-state index in [9.17, 15) is 8.78 Å². The van der Waals surface area contributed by atoms with E-state index in [-0.39, 0.29) is 0 Å². The largest absolute Gasteiger partial charge is 0.365 e. The molecule has 17 heavy (non-hydrogen) atoms. The second-order valence-corrected chi connectivity index (χ2v) is 3.69. The van der Waals surface area contributed by atoms with Crippen LogP contribution in [0.1, 0.15) is 11.7 Å². The highest BCUT2D eigenvalue weighted by Gasteiger charge is 2.10. The summed E-state index contributed by atoms with van der Waals surface area (Å²) in [5.74, 6) is -0.778. The molecule has 0 amide bonds. The molecule has 0 bridgehead atoms. The van der Waals surface area contributed by atoms with Gasteiger partial charge >= 0.3 is 0 Å². The molecule has 0 aliphatic heterocycles. The van der Waals surface area contributed by atoms with Crippen molar-refractivity contribution >= 4 is 5.69 Å². The van der Waals surface area contributed by atoms with Crippen molar-refractivity contribution in [2.75, 3.05) is 11.9 Å². The molecule has 2 aromatic rings. The molecule has 1 heterocycles. The van der Waals surface area contributed by atoms with Gasteiger partial charge < -0.3 is 9.42 Å². The van der Waals surface area contributed by atoms with Gasteiger partial charge in [0.05, 0.1) is 6.54 Å². The Labute approximate surface area is 96.9 Å². The van der Waals surface area contributed by atoms with Gasteiger partial charge in [-0.15, -0.1) is 0 Å². The van der Waals surface area contributed by atoms with E-state index in [1.165, 1.54) is 6.07 Å². The normalized spacial score (nSPS) is 10.6. The molecule has 1 aromatic heterocycles. The second-order valence-electron chi connectivity index (χ2n) is 3.69. The predicted molar refractivity (Wildman–Crippen MR) is 57.5 cm³/mol. The molecule has 0 unspecified atom stereocenters. The molecule has 2 rings (SSSR count). The van der Waals surface area contributed by atoms with Crippen LogP contribution >= 0.6 is 0 Å². The molecule has 4 nitrogen and oxygen atoms in total. The quantitative estimate of drug-likeness (QED) is 0.824. The first-order chi connectivity index (χ1) is 8.06. The Hall–Kier alpha value is -1.98. The Balaban J connectivity index is 2.14. The number of halogens is 2. The number of hydrogen-bond donors (Lipinski definition) is 0. The number of rotatable bonds is 3. The van der Waals surface area contributed by atoms with Gasteiger partial charge in [0.25, 0.3) is 0 Å². The molecule has 0 atom stereocenters. The third kappa shape index (κ3) is 2.58. The molecule has 0 radical (unpaired) electrons. The fraction of sp³-hybridized carbons (Fsp3) is 0.273. The molecule has 1 aromatic carbocycles. The van der Waals surface area contributed by atoms with Crippen molar-refractivity contribution in [1.82, 2.24) is 10.1 Å². The summed E-state index contributed by atoms with van der Waals surface area (Å²) in [5.41, 5.74) is 0.541. The summed E-state index contributed by atoms with van der Waals surface area (Å²) < 4.78 is 30.7. The fourth-order valence-electron chi connectivity index (χ4n) is 1.42. The Morgan fingerprint density at radius 3 is 2.65 bits per heavy atom. The molecule has 0 saturated carbocycles. The number of benzene rings is 1. The van der Waals surface area contributed by atoms with Gasteiger partial charge in [0.2, 0.25) is 5.89 Å². The zero-order valence-corrected chi connectivity index (χ0v) is 9.44. The highest BCUT2D eigenvalue weighted by Crippen LogP contribution is 2.18. The topological polar surface area (TPSA) is 42.2 Å². The maximum absolute atomic E-state index is 13.0. The predicted octanol–water partition coefficient (Wildman–Crippen LogP) is 2.29. The number of aryl methyl sites for hydroxylation is 1. The maximum atomic E-state index is 13.0. The lowest BCUT2D eigenvalue weighted by atomic mass is 10.3. The minimum Gasteiger partial charge on any atom is -0.365 e. The Morgan fingerprint density at radius 1 is 1.29 bits per heavy atom. The zero-order chi connectivity index (χ0) is 12.4. The first-order valence-electron chi connectivity index (χ1n) is 5.01. The van der Waals surface area contributed by atoms with Gasteiger partial charge in [-0.1, -0.05) is 5.16 Å². The molecule has 0 fully saturated rings. The monoisotopic (exact) mass is 239 g/mol. The Bertz CT molecular complexity index is 527. The van der Waals surface area contributed by atoms with Gasteiger partial charge in [-0.05, 0) is 19.1 Å². The van der Waals surface area contributed by atoms with Gasteiger partial charge in [0, 0.05) is 18.8 Å². The van der Waals surface area contributed by atoms with Crippen LogP contribution in [0.25, 0.3) is 0 Å². The molecule has 0 saturated heterocycles. The van der Waals surface area contributed by atoms with Crippen LogP contribution in [0, 0.1) is 18.6 Å². The lowest BCUT2D eigenvalue weighted by Crippen LogP contribution is -2.16. The average Bonchev–Trinajstić information content (AvgIpc) is 2.68.